The van der Waals surface area contributed by atoms with Gasteiger partial charge in [0.2, 0.25) is 0 Å². The average Bonchev–Trinajstić information content (AvgIpc) is 2.75. The largest absolute Gasteiger partial charge is 0.399 e. The highest BCUT2D eigenvalue weighted by Crippen LogP contribution is 2.21. The predicted molar refractivity (Wildman–Crippen MR) is 67.7 cm³/mol. The second kappa shape index (κ2) is 3.48. The van der Waals surface area contributed by atoms with Gasteiger partial charge in [0.15, 0.2) is 0 Å². The number of nitrogens with zero attached hydrogens (tertiary/aromatic N) is 3. The van der Waals surface area contributed by atoms with Crippen LogP contribution in [-0.4, -0.2) is 14.5 Å². The minimum Gasteiger partial charge on any atom is -0.399 e. The molecule has 2 heterocycles. The van der Waals surface area contributed by atoms with Gasteiger partial charge in [-0.25, -0.2) is 9.97 Å². The van der Waals surface area contributed by atoms with Crippen molar-refractivity contribution in [1.29, 1.82) is 0 Å². The molecule has 0 aliphatic heterocycles. The average molecular weight is 225 g/mol. The van der Waals surface area contributed by atoms with Crippen LogP contribution in [0.2, 0.25) is 0 Å². The Morgan fingerprint density at radius 2 is 1.71 bits per heavy atom. The zero-order valence-corrected chi connectivity index (χ0v) is 9.04. The van der Waals surface area contributed by atoms with Gasteiger partial charge in [-0.1, -0.05) is 0 Å². The van der Waals surface area contributed by atoms with E-state index in [0.29, 0.717) is 5.82 Å². The lowest BCUT2D eigenvalue weighted by Crippen LogP contribution is -1.97. The monoisotopic (exact) mass is 225 g/mol. The van der Waals surface area contributed by atoms with E-state index >= 15 is 0 Å². The van der Waals surface area contributed by atoms with Gasteiger partial charge in [0.1, 0.15) is 17.8 Å². The molecule has 3 rings (SSSR count). The summed E-state index contributed by atoms with van der Waals surface area (Å²) < 4.78 is 1.95. The summed E-state index contributed by atoms with van der Waals surface area (Å²) in [6, 6.07) is 9.48. The quantitative estimate of drug-likeness (QED) is 0.616. The van der Waals surface area contributed by atoms with Gasteiger partial charge in [-0.2, -0.15) is 0 Å². The van der Waals surface area contributed by atoms with E-state index in [2.05, 4.69) is 9.97 Å². The van der Waals surface area contributed by atoms with Crippen molar-refractivity contribution in [1.82, 2.24) is 14.5 Å². The third-order valence-corrected chi connectivity index (χ3v) is 2.68. The number of nitrogen functional groups attached to an aromatic ring is 2. The molecule has 0 radical (unpaired) electrons. The van der Waals surface area contributed by atoms with Gasteiger partial charge in [-0.15, -0.1) is 0 Å². The first-order chi connectivity index (χ1) is 8.25. The van der Waals surface area contributed by atoms with Gasteiger partial charge in [0, 0.05) is 17.6 Å². The number of aromatic nitrogens is 3. The minimum atomic E-state index is 0.490. The van der Waals surface area contributed by atoms with E-state index < -0.39 is 0 Å². The molecule has 0 spiro atoms. The molecule has 5 heteroatoms. The minimum absolute atomic E-state index is 0.490. The molecule has 0 atom stereocenters. The first kappa shape index (κ1) is 9.65. The van der Waals surface area contributed by atoms with Crippen LogP contribution in [0, 0.1) is 0 Å². The summed E-state index contributed by atoms with van der Waals surface area (Å²) in [6.07, 6.45) is 3.38. The molecule has 0 aliphatic carbocycles. The second-order valence-corrected chi connectivity index (χ2v) is 3.77. The number of hydrogen-bond acceptors (Lipinski definition) is 4. The summed E-state index contributed by atoms with van der Waals surface area (Å²) in [4.78, 5) is 8.20. The normalized spacial score (nSPS) is 10.8. The summed E-state index contributed by atoms with van der Waals surface area (Å²) in [5.41, 5.74) is 14.0. The Morgan fingerprint density at radius 3 is 2.47 bits per heavy atom. The van der Waals surface area contributed by atoms with Gasteiger partial charge < -0.3 is 16.0 Å². The molecule has 5 nitrogen and oxygen atoms in total. The second-order valence-electron chi connectivity index (χ2n) is 3.77. The van der Waals surface area contributed by atoms with Crippen LogP contribution in [0.4, 0.5) is 11.5 Å². The molecule has 3 aromatic rings. The molecule has 0 bridgehead atoms. The number of hydrogen-bond donors (Lipinski definition) is 2. The molecule has 4 N–H and O–H groups in total. The van der Waals surface area contributed by atoms with E-state index in [-0.39, 0.29) is 0 Å². The van der Waals surface area contributed by atoms with Gasteiger partial charge in [-0.3, -0.25) is 0 Å². The smallest absolute Gasteiger partial charge is 0.150 e. The molecule has 0 saturated carbocycles. The summed E-state index contributed by atoms with van der Waals surface area (Å²) in [7, 11) is 0. The number of fused-ring (bicyclic) bond motifs is 1. The van der Waals surface area contributed by atoms with Crippen LogP contribution in [0.25, 0.3) is 16.7 Å². The summed E-state index contributed by atoms with van der Waals surface area (Å²) >= 11 is 0. The van der Waals surface area contributed by atoms with Gasteiger partial charge in [0.25, 0.3) is 0 Å². The zero-order chi connectivity index (χ0) is 11.8. The molecule has 0 aliphatic rings. The third kappa shape index (κ3) is 1.48. The molecule has 2 aromatic heterocycles. The fourth-order valence-electron chi connectivity index (χ4n) is 1.81. The van der Waals surface area contributed by atoms with Crippen LogP contribution in [-0.2, 0) is 0 Å². The van der Waals surface area contributed by atoms with E-state index in [0.717, 1.165) is 22.4 Å². The maximum absolute atomic E-state index is 5.79. The van der Waals surface area contributed by atoms with E-state index in [4.69, 9.17) is 11.5 Å². The Hall–Kier alpha value is -2.56. The first-order valence-corrected chi connectivity index (χ1v) is 5.19. The Kier molecular flexibility index (Phi) is 1.98. The van der Waals surface area contributed by atoms with Crippen LogP contribution in [0.15, 0.2) is 42.9 Å². The van der Waals surface area contributed by atoms with Crippen LogP contribution < -0.4 is 11.5 Å². The topological polar surface area (TPSA) is 82.8 Å². The van der Waals surface area contributed by atoms with Crippen molar-refractivity contribution >= 4 is 22.5 Å². The number of anilines is 2. The summed E-state index contributed by atoms with van der Waals surface area (Å²) in [5.74, 6) is 0.490. The fraction of sp³-hybridized carbons (Fsp3) is 0. The van der Waals surface area contributed by atoms with Crippen LogP contribution >= 0.6 is 0 Å². The zero-order valence-electron chi connectivity index (χ0n) is 9.04. The Bertz CT molecular complexity index is 669. The first-order valence-electron chi connectivity index (χ1n) is 5.19. The molecule has 0 saturated heterocycles. The Morgan fingerprint density at radius 1 is 0.941 bits per heavy atom. The van der Waals surface area contributed by atoms with E-state index in [1.807, 2.05) is 41.1 Å². The van der Waals surface area contributed by atoms with Crippen LogP contribution in [0.5, 0.6) is 0 Å². The number of nitrogens with two attached hydrogens (primary N) is 2. The Labute approximate surface area is 97.7 Å². The Balaban J connectivity index is 2.24. The summed E-state index contributed by atoms with van der Waals surface area (Å²) in [6.45, 7) is 0. The van der Waals surface area contributed by atoms with Crippen molar-refractivity contribution in [3.8, 4) is 5.69 Å². The van der Waals surface area contributed by atoms with E-state index in [9.17, 15) is 0 Å². The third-order valence-electron chi connectivity index (χ3n) is 2.68. The standard InChI is InChI=1S/C12H11N5/c13-8-1-3-9(4-2-8)17-6-5-10-11(14)15-7-16-12(10)17/h1-7H,13H2,(H2,14,15,16). The van der Waals surface area contributed by atoms with Crippen molar-refractivity contribution < 1.29 is 0 Å². The highest BCUT2D eigenvalue weighted by molar-refractivity contribution is 5.87. The van der Waals surface area contributed by atoms with E-state index in [1.165, 1.54) is 6.33 Å². The molecule has 17 heavy (non-hydrogen) atoms. The molecule has 1 aromatic carbocycles. The van der Waals surface area contributed by atoms with Crippen molar-refractivity contribution in [2.24, 2.45) is 0 Å². The predicted octanol–water partition coefficient (Wildman–Crippen LogP) is 1.58. The molecule has 0 fully saturated rings. The number of rotatable bonds is 1. The maximum atomic E-state index is 5.79. The molecule has 0 amide bonds. The number of benzene rings is 1. The lowest BCUT2D eigenvalue weighted by Gasteiger charge is -2.05. The van der Waals surface area contributed by atoms with Crippen molar-refractivity contribution in [2.45, 2.75) is 0 Å². The molecular formula is C12H11N5. The van der Waals surface area contributed by atoms with Crippen LogP contribution in [0.3, 0.4) is 0 Å². The van der Waals surface area contributed by atoms with Crippen LogP contribution in [0.1, 0.15) is 0 Å². The highest BCUT2D eigenvalue weighted by Gasteiger charge is 2.06. The lowest BCUT2D eigenvalue weighted by atomic mass is 10.3. The van der Waals surface area contributed by atoms with Gasteiger partial charge in [-0.05, 0) is 30.3 Å². The van der Waals surface area contributed by atoms with Gasteiger partial charge in [0.05, 0.1) is 5.39 Å². The fourth-order valence-corrected chi connectivity index (χ4v) is 1.81. The van der Waals surface area contributed by atoms with Crippen molar-refractivity contribution in [2.75, 3.05) is 11.5 Å². The highest BCUT2D eigenvalue weighted by atomic mass is 15.1. The SMILES string of the molecule is Nc1ccc(-n2ccc3c(N)ncnc32)cc1. The summed E-state index contributed by atoms with van der Waals surface area (Å²) in [5, 5.41) is 0.851. The van der Waals surface area contributed by atoms with Crippen molar-refractivity contribution in [3.05, 3.63) is 42.9 Å². The molecule has 0 unspecified atom stereocenters. The molecule has 84 valence electrons. The molecular weight excluding hydrogens is 214 g/mol. The lowest BCUT2D eigenvalue weighted by molar-refractivity contribution is 1.08. The van der Waals surface area contributed by atoms with Gasteiger partial charge >= 0.3 is 0 Å². The maximum Gasteiger partial charge on any atom is 0.150 e. The van der Waals surface area contributed by atoms with Crippen molar-refractivity contribution in [3.63, 3.8) is 0 Å². The van der Waals surface area contributed by atoms with E-state index in [1.54, 1.807) is 0 Å².